The van der Waals surface area contributed by atoms with E-state index in [1.165, 1.54) is 17.0 Å². The van der Waals surface area contributed by atoms with Gasteiger partial charge in [-0.2, -0.15) is 13.2 Å². The number of hydrogen-bond acceptors (Lipinski definition) is 3. The smallest absolute Gasteiger partial charge is 0.418 e. The molecule has 5 rings (SSSR count). The van der Waals surface area contributed by atoms with Gasteiger partial charge >= 0.3 is 12.2 Å². The van der Waals surface area contributed by atoms with Crippen molar-refractivity contribution < 1.29 is 27.5 Å². The number of fused-ring (bicyclic) bond motifs is 5. The van der Waals surface area contributed by atoms with E-state index in [1.54, 1.807) is 20.1 Å². The number of urea groups is 1. The topological polar surface area (TPSA) is 65.6 Å². The average Bonchev–Trinajstić information content (AvgIpc) is 3.21. The van der Waals surface area contributed by atoms with E-state index in [9.17, 15) is 22.8 Å². The van der Waals surface area contributed by atoms with Crippen molar-refractivity contribution in [3.63, 3.8) is 0 Å². The lowest BCUT2D eigenvalue weighted by Gasteiger charge is -2.35. The molecule has 2 aromatic carbocycles. The molecule has 2 aliphatic heterocycles. The highest BCUT2D eigenvalue weighted by molar-refractivity contribution is 6.24. The number of halogens is 3. The summed E-state index contributed by atoms with van der Waals surface area (Å²) in [6.45, 7) is 1.79. The second-order valence-corrected chi connectivity index (χ2v) is 7.80. The molecule has 0 unspecified atom stereocenters. The van der Waals surface area contributed by atoms with Gasteiger partial charge in [0.25, 0.3) is 5.91 Å². The monoisotopic (exact) mass is 429 g/mol. The number of nitrogens with zero attached hydrogens (tertiary/aromatic N) is 2. The van der Waals surface area contributed by atoms with Crippen LogP contribution in [-0.2, 0) is 22.9 Å². The third kappa shape index (κ3) is 2.52. The Balaban J connectivity index is 1.68. The molecule has 0 aliphatic carbocycles. The number of methoxy groups -OCH3 is 1. The Morgan fingerprint density at radius 1 is 1.13 bits per heavy atom. The van der Waals surface area contributed by atoms with E-state index in [2.05, 4.69) is 4.98 Å². The van der Waals surface area contributed by atoms with E-state index in [4.69, 9.17) is 4.74 Å². The van der Waals surface area contributed by atoms with Gasteiger partial charge in [0.2, 0.25) is 0 Å². The molecule has 0 saturated carbocycles. The molecule has 9 heteroatoms. The highest BCUT2D eigenvalue weighted by Gasteiger charge is 2.59. The quantitative estimate of drug-likeness (QED) is 0.613. The van der Waals surface area contributed by atoms with Crippen LogP contribution in [0, 0.1) is 0 Å². The second kappa shape index (κ2) is 6.26. The molecule has 1 atom stereocenters. The normalized spacial score (nSPS) is 20.9. The Bertz CT molecular complexity index is 1250. The van der Waals surface area contributed by atoms with E-state index >= 15 is 0 Å². The predicted molar refractivity (Wildman–Crippen MR) is 107 cm³/mol. The van der Waals surface area contributed by atoms with E-state index in [1.807, 2.05) is 12.1 Å². The van der Waals surface area contributed by atoms with Crippen molar-refractivity contribution in [1.82, 2.24) is 9.88 Å². The van der Waals surface area contributed by atoms with Gasteiger partial charge in [-0.05, 0) is 49.2 Å². The lowest BCUT2D eigenvalue weighted by atomic mass is 9.87. The van der Waals surface area contributed by atoms with E-state index in [-0.39, 0.29) is 6.54 Å². The van der Waals surface area contributed by atoms with Gasteiger partial charge in [-0.15, -0.1) is 0 Å². The van der Waals surface area contributed by atoms with E-state index in [0.29, 0.717) is 22.8 Å². The Morgan fingerprint density at radius 2 is 1.87 bits per heavy atom. The summed E-state index contributed by atoms with van der Waals surface area (Å²) in [6.07, 6.45) is -4.24. The first-order valence-corrected chi connectivity index (χ1v) is 9.69. The van der Waals surface area contributed by atoms with E-state index in [0.717, 1.165) is 28.6 Å². The minimum absolute atomic E-state index is 0.211. The molecule has 1 aromatic heterocycles. The minimum atomic E-state index is -4.70. The summed E-state index contributed by atoms with van der Waals surface area (Å²) >= 11 is 0. The van der Waals surface area contributed by atoms with Gasteiger partial charge in [-0.25, -0.2) is 9.69 Å². The number of para-hydroxylation sites is 1. The molecule has 2 aliphatic rings. The summed E-state index contributed by atoms with van der Waals surface area (Å²) in [6, 6.07) is 9.32. The van der Waals surface area contributed by atoms with Gasteiger partial charge in [0.05, 0.1) is 24.1 Å². The Morgan fingerprint density at radius 3 is 2.58 bits per heavy atom. The molecule has 3 amide bonds. The molecule has 31 heavy (non-hydrogen) atoms. The average molecular weight is 429 g/mol. The summed E-state index contributed by atoms with van der Waals surface area (Å²) in [5.41, 5.74) is -0.771. The number of amides is 3. The predicted octanol–water partition coefficient (Wildman–Crippen LogP) is 4.44. The van der Waals surface area contributed by atoms with Crippen molar-refractivity contribution >= 4 is 28.5 Å². The van der Waals surface area contributed by atoms with Crippen LogP contribution in [0.3, 0.4) is 0 Å². The fourth-order valence-corrected chi connectivity index (χ4v) is 4.67. The molecule has 3 heterocycles. The molecule has 6 nitrogen and oxygen atoms in total. The molecule has 1 N–H and O–H groups in total. The van der Waals surface area contributed by atoms with Crippen LogP contribution in [0.25, 0.3) is 10.9 Å². The number of carbonyl (C=O) groups excluding carboxylic acids is 2. The number of hydrogen-bond donors (Lipinski definition) is 1. The van der Waals surface area contributed by atoms with Crippen molar-refractivity contribution in [3.8, 4) is 5.75 Å². The van der Waals surface area contributed by atoms with Crippen molar-refractivity contribution in [2.45, 2.75) is 25.1 Å². The maximum Gasteiger partial charge on any atom is 0.418 e. The molecule has 0 radical (unpaired) electrons. The molecule has 0 spiro atoms. The summed E-state index contributed by atoms with van der Waals surface area (Å²) in [7, 11) is 1.55. The van der Waals surface area contributed by atoms with Crippen LogP contribution in [0.1, 0.15) is 23.7 Å². The highest BCUT2D eigenvalue weighted by atomic mass is 19.4. The third-order valence-corrected chi connectivity index (χ3v) is 6.22. The van der Waals surface area contributed by atoms with Gasteiger partial charge in [-0.1, -0.05) is 12.1 Å². The number of rotatable bonds is 2. The number of alkyl halides is 3. The molecule has 3 aromatic rings. The number of imide groups is 1. The highest BCUT2D eigenvalue weighted by Crippen LogP contribution is 2.47. The zero-order chi connectivity index (χ0) is 22.1. The van der Waals surface area contributed by atoms with Crippen molar-refractivity contribution in [2.75, 3.05) is 18.6 Å². The summed E-state index contributed by atoms with van der Waals surface area (Å²) < 4.78 is 46.1. The van der Waals surface area contributed by atoms with Gasteiger partial charge in [0.1, 0.15) is 5.75 Å². The van der Waals surface area contributed by atoms with Crippen molar-refractivity contribution in [3.05, 3.63) is 59.3 Å². The lowest BCUT2D eigenvalue weighted by Crippen LogP contribution is -2.49. The van der Waals surface area contributed by atoms with Crippen LogP contribution in [0.15, 0.2) is 42.5 Å². The molecule has 1 saturated heterocycles. The number of aromatic nitrogens is 1. The van der Waals surface area contributed by atoms with Gasteiger partial charge in [0.15, 0.2) is 5.54 Å². The fraction of sp³-hybridized carbons (Fsp3) is 0.273. The summed E-state index contributed by atoms with van der Waals surface area (Å²) in [5.74, 6) is -0.0647. The van der Waals surface area contributed by atoms with E-state index < -0.39 is 34.9 Å². The van der Waals surface area contributed by atoms with Gasteiger partial charge in [0, 0.05) is 17.4 Å². The number of nitrogens with one attached hydrogen (secondary N) is 1. The lowest BCUT2D eigenvalue weighted by molar-refractivity contribution is -0.137. The largest absolute Gasteiger partial charge is 0.497 e. The number of benzene rings is 2. The van der Waals surface area contributed by atoms with Crippen LogP contribution in [-0.4, -0.2) is 35.5 Å². The standard InChI is InChI=1S/C22H18F3N3O3/c1-21-18-13(14-11-12(31-2)7-8-16(14)26-18)9-10-27(21)20(30)28(19(21)29)17-6-4-3-5-15(17)22(23,24)25/h3-8,11,26H,9-10H2,1-2H3/t21-/m0/s1. The third-order valence-electron chi connectivity index (χ3n) is 6.22. The van der Waals surface area contributed by atoms with Gasteiger partial charge in [-0.3, -0.25) is 4.79 Å². The minimum Gasteiger partial charge on any atom is -0.497 e. The maximum absolute atomic E-state index is 13.6. The zero-order valence-corrected chi connectivity index (χ0v) is 16.7. The molecular weight excluding hydrogens is 411 g/mol. The number of carbonyl (C=O) groups is 2. The van der Waals surface area contributed by atoms with Crippen LogP contribution >= 0.6 is 0 Å². The van der Waals surface area contributed by atoms with Crippen LogP contribution in [0.4, 0.5) is 23.7 Å². The van der Waals surface area contributed by atoms with Crippen molar-refractivity contribution in [1.29, 1.82) is 0 Å². The Labute approximate surface area is 175 Å². The number of aromatic amines is 1. The summed E-state index contributed by atoms with van der Waals surface area (Å²) in [4.78, 5) is 32.0. The molecule has 0 bridgehead atoms. The SMILES string of the molecule is COc1ccc2[nH]c3c(c2c1)CCN1C(=O)N(c2ccccc2C(F)(F)F)C(=O)[C@]31C. The molecule has 160 valence electrons. The van der Waals surface area contributed by atoms with Crippen LogP contribution < -0.4 is 9.64 Å². The second-order valence-electron chi connectivity index (χ2n) is 7.80. The number of anilines is 1. The Hall–Kier alpha value is -3.49. The van der Waals surface area contributed by atoms with Crippen molar-refractivity contribution in [2.24, 2.45) is 0 Å². The first-order chi connectivity index (χ1) is 14.7. The Kier molecular flexibility index (Phi) is 3.93. The van der Waals surface area contributed by atoms with Gasteiger partial charge < -0.3 is 14.6 Å². The molecule has 1 fully saturated rings. The van der Waals surface area contributed by atoms with Crippen LogP contribution in [0.5, 0.6) is 5.75 Å². The molecular formula is C22H18F3N3O3. The maximum atomic E-state index is 13.6. The number of H-pyrrole nitrogens is 1. The van der Waals surface area contributed by atoms with Crippen LogP contribution in [0.2, 0.25) is 0 Å². The fourth-order valence-electron chi connectivity index (χ4n) is 4.67. The summed E-state index contributed by atoms with van der Waals surface area (Å²) in [5, 5.41) is 0.865. The number of ether oxygens (including phenoxy) is 1. The first-order valence-electron chi connectivity index (χ1n) is 9.69. The zero-order valence-electron chi connectivity index (χ0n) is 16.7. The first kappa shape index (κ1) is 19.5.